The molecule has 0 unspecified atom stereocenters. The van der Waals surface area contributed by atoms with Gasteiger partial charge in [-0.2, -0.15) is 0 Å². The van der Waals surface area contributed by atoms with Crippen LogP contribution in [0.15, 0.2) is 24.5 Å². The topological polar surface area (TPSA) is 59.2 Å². The van der Waals surface area contributed by atoms with E-state index in [1.165, 1.54) is 19.3 Å². The maximum absolute atomic E-state index is 12.9. The number of amides is 1. The fraction of sp³-hybridized carbons (Fsp3) is 0.667. The van der Waals surface area contributed by atoms with Gasteiger partial charge in [-0.15, -0.1) is 0 Å². The first-order valence-electron chi connectivity index (χ1n) is 8.45. The molecule has 22 heavy (non-hydrogen) atoms. The van der Waals surface area contributed by atoms with Gasteiger partial charge in [0.15, 0.2) is 0 Å². The lowest BCUT2D eigenvalue weighted by atomic mass is 9.71. The highest BCUT2D eigenvalue weighted by atomic mass is 16.2. The van der Waals surface area contributed by atoms with Gasteiger partial charge in [0, 0.05) is 31.4 Å². The molecule has 1 aromatic heterocycles. The molecule has 122 valence electrons. The summed E-state index contributed by atoms with van der Waals surface area (Å²) in [5.74, 6) is 0.228. The largest absolute Gasteiger partial charge is 0.336 e. The predicted molar refractivity (Wildman–Crippen MR) is 89.1 cm³/mol. The SMILES string of the molecule is CC(C)N(Cc1cccnc1)C(=O)CC1(CN)CCCCC1. The Hall–Kier alpha value is -1.42. The Kier molecular flexibility index (Phi) is 5.95. The molecule has 4 heteroatoms. The van der Waals surface area contributed by atoms with E-state index in [1.54, 1.807) is 6.20 Å². The van der Waals surface area contributed by atoms with Crippen molar-refractivity contribution in [2.24, 2.45) is 11.1 Å². The monoisotopic (exact) mass is 303 g/mol. The molecule has 1 aromatic rings. The maximum Gasteiger partial charge on any atom is 0.223 e. The van der Waals surface area contributed by atoms with E-state index in [0.717, 1.165) is 18.4 Å². The van der Waals surface area contributed by atoms with Crippen LogP contribution >= 0.6 is 0 Å². The van der Waals surface area contributed by atoms with Crippen molar-refractivity contribution >= 4 is 5.91 Å². The maximum atomic E-state index is 12.9. The zero-order chi connectivity index (χ0) is 16.0. The van der Waals surface area contributed by atoms with Crippen LogP contribution in [-0.2, 0) is 11.3 Å². The lowest BCUT2D eigenvalue weighted by Crippen LogP contribution is -2.42. The van der Waals surface area contributed by atoms with Crippen LogP contribution in [0, 0.1) is 5.41 Å². The van der Waals surface area contributed by atoms with E-state index < -0.39 is 0 Å². The van der Waals surface area contributed by atoms with Crippen LogP contribution in [0.2, 0.25) is 0 Å². The number of hydrogen-bond acceptors (Lipinski definition) is 3. The Morgan fingerprint density at radius 2 is 2.09 bits per heavy atom. The highest BCUT2D eigenvalue weighted by Gasteiger charge is 2.34. The third kappa shape index (κ3) is 4.29. The molecule has 1 aliphatic carbocycles. The number of nitrogens with two attached hydrogens (primary N) is 1. The minimum atomic E-state index is 0.0252. The summed E-state index contributed by atoms with van der Waals surface area (Å²) < 4.78 is 0. The van der Waals surface area contributed by atoms with Crippen LogP contribution in [0.1, 0.15) is 57.9 Å². The van der Waals surface area contributed by atoms with E-state index in [9.17, 15) is 4.79 Å². The van der Waals surface area contributed by atoms with Crippen molar-refractivity contribution in [3.8, 4) is 0 Å². The van der Waals surface area contributed by atoms with Crippen LogP contribution in [0.5, 0.6) is 0 Å². The number of rotatable bonds is 6. The first kappa shape index (κ1) is 16.9. The first-order chi connectivity index (χ1) is 10.6. The summed E-state index contributed by atoms with van der Waals surface area (Å²) in [5, 5.41) is 0. The van der Waals surface area contributed by atoms with Crippen molar-refractivity contribution in [1.82, 2.24) is 9.88 Å². The second-order valence-corrected chi connectivity index (χ2v) is 6.92. The molecule has 0 aliphatic heterocycles. The van der Waals surface area contributed by atoms with Gasteiger partial charge < -0.3 is 10.6 Å². The van der Waals surface area contributed by atoms with E-state index in [2.05, 4.69) is 18.8 Å². The second-order valence-electron chi connectivity index (χ2n) is 6.92. The van der Waals surface area contributed by atoms with Gasteiger partial charge in [0.1, 0.15) is 0 Å². The molecule has 0 radical (unpaired) electrons. The average molecular weight is 303 g/mol. The lowest BCUT2D eigenvalue weighted by Gasteiger charge is -2.38. The summed E-state index contributed by atoms with van der Waals surface area (Å²) in [6.45, 7) is 5.40. The average Bonchev–Trinajstić information content (AvgIpc) is 2.54. The summed E-state index contributed by atoms with van der Waals surface area (Å²) in [6.07, 6.45) is 10.0. The van der Waals surface area contributed by atoms with Gasteiger partial charge in [-0.05, 0) is 50.3 Å². The van der Waals surface area contributed by atoms with E-state index in [0.29, 0.717) is 19.5 Å². The van der Waals surface area contributed by atoms with Gasteiger partial charge in [0.2, 0.25) is 5.91 Å². The minimum Gasteiger partial charge on any atom is -0.336 e. The molecule has 0 bridgehead atoms. The summed E-state index contributed by atoms with van der Waals surface area (Å²) in [4.78, 5) is 19.0. The standard InChI is InChI=1S/C18H29N3O/c1-15(2)21(13-16-7-6-10-20-12-16)17(22)11-18(14-19)8-4-3-5-9-18/h6-7,10,12,15H,3-5,8-9,11,13-14,19H2,1-2H3. The molecule has 1 saturated carbocycles. The Labute approximate surface area is 134 Å². The number of hydrogen-bond donors (Lipinski definition) is 1. The molecule has 0 saturated heterocycles. The number of pyridine rings is 1. The number of carbonyl (C=O) groups excluding carboxylic acids is 1. The third-order valence-corrected chi connectivity index (χ3v) is 4.89. The minimum absolute atomic E-state index is 0.0252. The van der Waals surface area contributed by atoms with Crippen molar-refractivity contribution in [2.75, 3.05) is 6.54 Å². The lowest BCUT2D eigenvalue weighted by molar-refractivity contribution is -0.136. The van der Waals surface area contributed by atoms with Crippen molar-refractivity contribution in [3.05, 3.63) is 30.1 Å². The number of aromatic nitrogens is 1. The Balaban J connectivity index is 2.06. The van der Waals surface area contributed by atoms with Gasteiger partial charge in [0.25, 0.3) is 0 Å². The first-order valence-corrected chi connectivity index (χ1v) is 8.45. The molecule has 1 fully saturated rings. The molecule has 2 N–H and O–H groups in total. The fourth-order valence-corrected chi connectivity index (χ4v) is 3.42. The highest BCUT2D eigenvalue weighted by molar-refractivity contribution is 5.77. The van der Waals surface area contributed by atoms with Gasteiger partial charge in [0.05, 0.1) is 0 Å². The van der Waals surface area contributed by atoms with E-state index in [1.807, 2.05) is 23.2 Å². The van der Waals surface area contributed by atoms with Gasteiger partial charge >= 0.3 is 0 Å². The second kappa shape index (κ2) is 7.73. The fourth-order valence-electron chi connectivity index (χ4n) is 3.42. The Bertz CT molecular complexity index is 466. The van der Waals surface area contributed by atoms with Crippen LogP contribution < -0.4 is 5.73 Å². The smallest absolute Gasteiger partial charge is 0.223 e. The number of nitrogens with zero attached hydrogens (tertiary/aromatic N) is 2. The molecule has 0 aromatic carbocycles. The van der Waals surface area contributed by atoms with Crippen molar-refractivity contribution in [1.29, 1.82) is 0 Å². The zero-order valence-corrected chi connectivity index (χ0v) is 13.9. The Morgan fingerprint density at radius 3 is 2.64 bits per heavy atom. The predicted octanol–water partition coefficient (Wildman–Crippen LogP) is 3.12. The van der Waals surface area contributed by atoms with Gasteiger partial charge in [-0.3, -0.25) is 9.78 Å². The molecular weight excluding hydrogens is 274 g/mol. The van der Waals surface area contributed by atoms with E-state index in [4.69, 9.17) is 5.73 Å². The molecule has 0 atom stereocenters. The van der Waals surface area contributed by atoms with Crippen LogP contribution in [-0.4, -0.2) is 28.4 Å². The van der Waals surface area contributed by atoms with Gasteiger partial charge in [-0.1, -0.05) is 25.3 Å². The summed E-state index contributed by atoms with van der Waals surface area (Å²) in [7, 11) is 0. The summed E-state index contributed by atoms with van der Waals surface area (Å²) >= 11 is 0. The molecule has 4 nitrogen and oxygen atoms in total. The molecule has 1 amide bonds. The zero-order valence-electron chi connectivity index (χ0n) is 13.9. The van der Waals surface area contributed by atoms with Crippen LogP contribution in [0.4, 0.5) is 0 Å². The van der Waals surface area contributed by atoms with E-state index >= 15 is 0 Å². The normalized spacial score (nSPS) is 17.5. The van der Waals surface area contributed by atoms with Crippen molar-refractivity contribution < 1.29 is 4.79 Å². The molecule has 2 rings (SSSR count). The molecule has 1 aliphatic rings. The molecular formula is C18H29N3O. The quantitative estimate of drug-likeness (QED) is 0.878. The van der Waals surface area contributed by atoms with Crippen molar-refractivity contribution in [2.45, 2.75) is 65.0 Å². The van der Waals surface area contributed by atoms with Gasteiger partial charge in [-0.25, -0.2) is 0 Å². The van der Waals surface area contributed by atoms with E-state index in [-0.39, 0.29) is 17.4 Å². The summed E-state index contributed by atoms with van der Waals surface area (Å²) in [5.41, 5.74) is 7.14. The summed E-state index contributed by atoms with van der Waals surface area (Å²) in [6, 6.07) is 4.13. The molecule has 1 heterocycles. The van der Waals surface area contributed by atoms with Crippen LogP contribution in [0.25, 0.3) is 0 Å². The van der Waals surface area contributed by atoms with Crippen molar-refractivity contribution in [3.63, 3.8) is 0 Å². The number of carbonyl (C=O) groups is 1. The van der Waals surface area contributed by atoms with Crippen LogP contribution in [0.3, 0.4) is 0 Å². The Morgan fingerprint density at radius 1 is 1.36 bits per heavy atom. The molecule has 0 spiro atoms. The third-order valence-electron chi connectivity index (χ3n) is 4.89. The highest BCUT2D eigenvalue weighted by Crippen LogP contribution is 2.39.